The number of rotatable bonds is 18. The van der Waals surface area contributed by atoms with Crippen LogP contribution in [0.15, 0.2) is 0 Å². The second kappa shape index (κ2) is 14.7. The normalized spacial score (nSPS) is 26.2. The van der Waals surface area contributed by atoms with Crippen LogP contribution in [-0.2, 0) is 14.3 Å². The fourth-order valence-electron chi connectivity index (χ4n) is 4.79. The van der Waals surface area contributed by atoms with Crippen LogP contribution < -0.4 is 0 Å². The molecule has 0 spiro atoms. The Balaban J connectivity index is 1.51. The molecule has 0 aromatic carbocycles. The van der Waals surface area contributed by atoms with E-state index in [4.69, 9.17) is 14.6 Å². The molecule has 0 amide bonds. The van der Waals surface area contributed by atoms with Crippen LogP contribution in [0.2, 0.25) is 0 Å². The van der Waals surface area contributed by atoms with Crippen LogP contribution in [0, 0.1) is 11.8 Å². The SMILES string of the molecule is CCCCCCOCCCC[C@@H]1[C@H](CCSCCCCC(=O)O)[C@@H]2CC[C@H]1O2. The molecule has 2 aliphatic heterocycles. The van der Waals surface area contributed by atoms with Crippen LogP contribution in [-0.4, -0.2) is 48.0 Å². The van der Waals surface area contributed by atoms with Crippen molar-refractivity contribution < 1.29 is 19.4 Å². The van der Waals surface area contributed by atoms with Crippen molar-refractivity contribution in [1.82, 2.24) is 0 Å². The summed E-state index contributed by atoms with van der Waals surface area (Å²) in [4.78, 5) is 10.5. The van der Waals surface area contributed by atoms with Gasteiger partial charge in [0, 0.05) is 19.6 Å². The lowest BCUT2D eigenvalue weighted by atomic mass is 9.75. The van der Waals surface area contributed by atoms with Gasteiger partial charge in [-0.15, -0.1) is 0 Å². The highest BCUT2D eigenvalue weighted by Crippen LogP contribution is 2.47. The number of hydrogen-bond donors (Lipinski definition) is 1. The largest absolute Gasteiger partial charge is 0.481 e. The van der Waals surface area contributed by atoms with E-state index in [2.05, 4.69) is 6.92 Å². The number of carboxylic acids is 1. The number of ether oxygens (including phenoxy) is 2. The lowest BCUT2D eigenvalue weighted by Gasteiger charge is -2.28. The predicted octanol–water partition coefficient (Wildman–Crippen LogP) is 5.93. The highest BCUT2D eigenvalue weighted by molar-refractivity contribution is 7.99. The molecule has 0 unspecified atom stereocenters. The molecule has 164 valence electrons. The molecule has 0 aromatic heterocycles. The lowest BCUT2D eigenvalue weighted by Crippen LogP contribution is -2.27. The summed E-state index contributed by atoms with van der Waals surface area (Å²) in [5, 5.41) is 8.68. The molecule has 2 heterocycles. The molecule has 0 radical (unpaired) electrons. The zero-order valence-corrected chi connectivity index (χ0v) is 18.7. The number of aliphatic carboxylic acids is 1. The maximum atomic E-state index is 10.5. The van der Waals surface area contributed by atoms with Crippen molar-refractivity contribution in [1.29, 1.82) is 0 Å². The highest BCUT2D eigenvalue weighted by atomic mass is 32.2. The first-order valence-electron chi connectivity index (χ1n) is 11.7. The number of hydrogen-bond acceptors (Lipinski definition) is 4. The van der Waals surface area contributed by atoms with Gasteiger partial charge in [-0.05, 0) is 74.7 Å². The zero-order valence-electron chi connectivity index (χ0n) is 17.9. The fourth-order valence-corrected chi connectivity index (χ4v) is 5.84. The number of carboxylic acid groups (broad SMARTS) is 1. The smallest absolute Gasteiger partial charge is 0.303 e. The standard InChI is InChI=1S/C23H42O4S/c1-2-3-4-7-15-26-16-8-5-10-19-20(22-13-12-21(19)27-22)14-18-28-17-9-6-11-23(24)25/h19-22H,2-18H2,1H3,(H,24,25)/t19-,20+,21-,22+/m1/s1. The summed E-state index contributed by atoms with van der Waals surface area (Å²) in [6, 6.07) is 0. The van der Waals surface area contributed by atoms with Crippen molar-refractivity contribution >= 4 is 17.7 Å². The van der Waals surface area contributed by atoms with E-state index in [0.717, 1.165) is 43.6 Å². The molecule has 2 saturated heterocycles. The molecule has 0 saturated carbocycles. The van der Waals surface area contributed by atoms with Crippen molar-refractivity contribution in [3.8, 4) is 0 Å². The molecule has 2 bridgehead atoms. The Labute approximate surface area is 176 Å². The van der Waals surface area contributed by atoms with Gasteiger partial charge in [0.25, 0.3) is 0 Å². The lowest BCUT2D eigenvalue weighted by molar-refractivity contribution is -0.137. The first-order chi connectivity index (χ1) is 13.7. The average Bonchev–Trinajstić information content (AvgIpc) is 3.28. The summed E-state index contributed by atoms with van der Waals surface area (Å²) in [5.41, 5.74) is 0. The Kier molecular flexibility index (Phi) is 12.6. The Morgan fingerprint density at radius 1 is 0.929 bits per heavy atom. The number of thioether (sulfide) groups is 1. The average molecular weight is 415 g/mol. The molecule has 5 heteroatoms. The van der Waals surface area contributed by atoms with E-state index >= 15 is 0 Å². The van der Waals surface area contributed by atoms with Gasteiger partial charge >= 0.3 is 5.97 Å². The van der Waals surface area contributed by atoms with E-state index in [1.807, 2.05) is 11.8 Å². The molecule has 0 aromatic rings. The summed E-state index contributed by atoms with van der Waals surface area (Å²) in [6.07, 6.45) is 15.9. The Morgan fingerprint density at radius 3 is 2.36 bits per heavy atom. The maximum Gasteiger partial charge on any atom is 0.303 e. The van der Waals surface area contributed by atoms with Crippen molar-refractivity contribution in [2.24, 2.45) is 11.8 Å². The van der Waals surface area contributed by atoms with Gasteiger partial charge in [-0.1, -0.05) is 32.6 Å². The van der Waals surface area contributed by atoms with Gasteiger partial charge in [0.15, 0.2) is 0 Å². The molecule has 4 nitrogen and oxygen atoms in total. The number of unbranched alkanes of at least 4 members (excludes halogenated alkanes) is 5. The summed E-state index contributed by atoms with van der Waals surface area (Å²) >= 11 is 2.00. The van der Waals surface area contributed by atoms with E-state index in [-0.39, 0.29) is 0 Å². The van der Waals surface area contributed by atoms with Crippen LogP contribution >= 0.6 is 11.8 Å². The van der Waals surface area contributed by atoms with E-state index in [0.29, 0.717) is 18.6 Å². The molecule has 0 aliphatic carbocycles. The summed E-state index contributed by atoms with van der Waals surface area (Å²) in [6.45, 7) is 4.10. The van der Waals surface area contributed by atoms with E-state index < -0.39 is 5.97 Å². The minimum absolute atomic E-state index is 0.311. The fraction of sp³-hybridized carbons (Fsp3) is 0.957. The molecule has 2 fully saturated rings. The summed E-state index contributed by atoms with van der Waals surface area (Å²) < 4.78 is 12.0. The summed E-state index contributed by atoms with van der Waals surface area (Å²) in [5.74, 6) is 3.13. The van der Waals surface area contributed by atoms with Crippen LogP contribution in [0.1, 0.15) is 90.4 Å². The molecule has 2 aliphatic rings. The van der Waals surface area contributed by atoms with Gasteiger partial charge in [0.2, 0.25) is 0 Å². The monoisotopic (exact) mass is 414 g/mol. The molecule has 2 rings (SSSR count). The number of fused-ring (bicyclic) bond motifs is 2. The molecular weight excluding hydrogens is 372 g/mol. The third kappa shape index (κ3) is 9.04. The number of carbonyl (C=O) groups is 1. The minimum atomic E-state index is -0.672. The van der Waals surface area contributed by atoms with E-state index in [1.54, 1.807) is 0 Å². The van der Waals surface area contributed by atoms with Gasteiger partial charge in [0.1, 0.15) is 0 Å². The minimum Gasteiger partial charge on any atom is -0.481 e. The van der Waals surface area contributed by atoms with Gasteiger partial charge in [-0.3, -0.25) is 4.79 Å². The third-order valence-electron chi connectivity index (χ3n) is 6.33. The van der Waals surface area contributed by atoms with Gasteiger partial charge in [-0.25, -0.2) is 0 Å². The molecule has 28 heavy (non-hydrogen) atoms. The molecule has 4 atom stereocenters. The van der Waals surface area contributed by atoms with E-state index in [9.17, 15) is 4.79 Å². The second-order valence-corrected chi connectivity index (χ2v) is 9.76. The zero-order chi connectivity index (χ0) is 20.0. The first kappa shape index (κ1) is 24.0. The van der Waals surface area contributed by atoms with Crippen LogP contribution in [0.4, 0.5) is 0 Å². The Bertz CT molecular complexity index is 417. The van der Waals surface area contributed by atoms with Crippen molar-refractivity contribution in [2.75, 3.05) is 24.7 Å². The molecular formula is C23H42O4S. The quantitative estimate of drug-likeness (QED) is 0.282. The van der Waals surface area contributed by atoms with Gasteiger partial charge in [0.05, 0.1) is 12.2 Å². The highest BCUT2D eigenvalue weighted by Gasteiger charge is 2.47. The predicted molar refractivity (Wildman–Crippen MR) is 117 cm³/mol. The third-order valence-corrected chi connectivity index (χ3v) is 7.44. The second-order valence-electron chi connectivity index (χ2n) is 8.54. The maximum absolute atomic E-state index is 10.5. The van der Waals surface area contributed by atoms with Crippen molar-refractivity contribution in [2.45, 2.75) is 103 Å². The van der Waals surface area contributed by atoms with Crippen LogP contribution in [0.3, 0.4) is 0 Å². The Morgan fingerprint density at radius 2 is 1.64 bits per heavy atom. The summed E-state index contributed by atoms with van der Waals surface area (Å²) in [7, 11) is 0. The van der Waals surface area contributed by atoms with E-state index in [1.165, 1.54) is 70.0 Å². The van der Waals surface area contributed by atoms with Crippen LogP contribution in [0.5, 0.6) is 0 Å². The topological polar surface area (TPSA) is 55.8 Å². The van der Waals surface area contributed by atoms with Crippen molar-refractivity contribution in [3.63, 3.8) is 0 Å². The molecule has 1 N–H and O–H groups in total. The van der Waals surface area contributed by atoms with Crippen molar-refractivity contribution in [3.05, 3.63) is 0 Å². The first-order valence-corrected chi connectivity index (χ1v) is 12.9. The van der Waals surface area contributed by atoms with Gasteiger partial charge < -0.3 is 14.6 Å². The van der Waals surface area contributed by atoms with Gasteiger partial charge in [-0.2, -0.15) is 11.8 Å². The van der Waals surface area contributed by atoms with Crippen LogP contribution in [0.25, 0.3) is 0 Å². The Hall–Kier alpha value is -0.260.